The Labute approximate surface area is 179 Å². The number of carbonyl (C=O) groups excluding carboxylic acids is 1. The Bertz CT molecular complexity index is 1250. The Balaban J connectivity index is 1.60. The highest BCUT2D eigenvalue weighted by Gasteiger charge is 2.28. The van der Waals surface area contributed by atoms with Crippen LogP contribution in [0.1, 0.15) is 38.5 Å². The quantitative estimate of drug-likeness (QED) is 0.449. The third-order valence-electron chi connectivity index (χ3n) is 5.53. The molecule has 0 fully saturated rings. The van der Waals surface area contributed by atoms with E-state index in [2.05, 4.69) is 28.6 Å². The largest absolute Gasteiger partial charge is 0.337 e. The molecule has 0 unspecified atom stereocenters. The molecule has 0 radical (unpaired) electrons. The third-order valence-corrected chi connectivity index (χ3v) is 6.35. The molecule has 1 aromatic carbocycles. The zero-order chi connectivity index (χ0) is 20.5. The van der Waals surface area contributed by atoms with Crippen LogP contribution in [0.5, 0.6) is 0 Å². The van der Waals surface area contributed by atoms with Crippen molar-refractivity contribution in [3.8, 4) is 0 Å². The van der Waals surface area contributed by atoms with Crippen LogP contribution in [0.4, 0.5) is 0 Å². The van der Waals surface area contributed by atoms with Gasteiger partial charge in [-0.05, 0) is 65.3 Å². The van der Waals surface area contributed by atoms with E-state index in [0.717, 1.165) is 46.1 Å². The fraction of sp³-hybridized carbons (Fsp3) is 0.160. The van der Waals surface area contributed by atoms with Gasteiger partial charge in [0.2, 0.25) is 0 Å². The molecule has 1 amide bonds. The summed E-state index contributed by atoms with van der Waals surface area (Å²) < 4.78 is 0. The van der Waals surface area contributed by atoms with Crippen molar-refractivity contribution < 1.29 is 4.79 Å². The maximum Gasteiger partial charge on any atom is 0.254 e. The molecule has 4 aromatic rings. The summed E-state index contributed by atoms with van der Waals surface area (Å²) in [5, 5.41) is 3.01. The van der Waals surface area contributed by atoms with Gasteiger partial charge in [-0.1, -0.05) is 24.3 Å². The van der Waals surface area contributed by atoms with Gasteiger partial charge < -0.3 is 4.90 Å². The molecule has 0 saturated carbocycles. The van der Waals surface area contributed by atoms with Crippen LogP contribution in [-0.4, -0.2) is 27.8 Å². The van der Waals surface area contributed by atoms with Crippen LogP contribution < -0.4 is 0 Å². The highest BCUT2D eigenvalue weighted by atomic mass is 32.1. The Hall–Kier alpha value is -3.31. The van der Waals surface area contributed by atoms with E-state index in [1.165, 1.54) is 10.5 Å². The lowest BCUT2D eigenvalue weighted by molar-refractivity contribution is 0.0786. The van der Waals surface area contributed by atoms with Crippen LogP contribution in [0.3, 0.4) is 0 Å². The van der Waals surface area contributed by atoms with Gasteiger partial charge in [-0.15, -0.1) is 11.3 Å². The molecule has 5 rings (SSSR count). The molecule has 0 bridgehead atoms. The van der Waals surface area contributed by atoms with Gasteiger partial charge in [0.05, 0.1) is 16.8 Å². The van der Waals surface area contributed by atoms with Crippen molar-refractivity contribution >= 4 is 39.8 Å². The summed E-state index contributed by atoms with van der Waals surface area (Å²) in [5.74, 6) is 0.0408. The molecule has 0 atom stereocenters. The highest BCUT2D eigenvalue weighted by molar-refractivity contribution is 7.10. The van der Waals surface area contributed by atoms with Gasteiger partial charge in [0.1, 0.15) is 0 Å². The maximum atomic E-state index is 13.6. The summed E-state index contributed by atoms with van der Waals surface area (Å²) in [6.07, 6.45) is 7.48. The van der Waals surface area contributed by atoms with Gasteiger partial charge in [0.15, 0.2) is 0 Å². The highest BCUT2D eigenvalue weighted by Crippen LogP contribution is 2.38. The Morgan fingerprint density at radius 1 is 1.10 bits per heavy atom. The number of rotatable bonds is 4. The van der Waals surface area contributed by atoms with Crippen LogP contribution in [0.25, 0.3) is 22.6 Å². The van der Waals surface area contributed by atoms with Gasteiger partial charge in [-0.3, -0.25) is 9.78 Å². The number of fused-ring (bicyclic) bond motifs is 2. The summed E-state index contributed by atoms with van der Waals surface area (Å²) in [5.41, 5.74) is 5.99. The average Bonchev–Trinajstić information content (AvgIpc) is 3.43. The van der Waals surface area contributed by atoms with E-state index < -0.39 is 0 Å². The summed E-state index contributed by atoms with van der Waals surface area (Å²) in [4.78, 5) is 25.6. The fourth-order valence-electron chi connectivity index (χ4n) is 4.09. The van der Waals surface area contributed by atoms with E-state index in [-0.39, 0.29) is 5.91 Å². The van der Waals surface area contributed by atoms with Gasteiger partial charge >= 0.3 is 0 Å². The van der Waals surface area contributed by atoms with Gasteiger partial charge in [-0.2, -0.15) is 0 Å². The normalized spacial score (nSPS) is 14.2. The van der Waals surface area contributed by atoms with Crippen molar-refractivity contribution in [2.75, 3.05) is 7.05 Å². The number of amides is 1. The standard InChI is InChI=1S/C25H21N3OS/c1-28(16-17-10-12-26-13-11-17)25(29)23-20-6-2-3-7-22(20)27-24-18(8-9-21(23)24)15-19-5-4-14-30-19/h2-7,10-15H,8-9,16H2,1H3/b18-15-. The topological polar surface area (TPSA) is 46.1 Å². The molecule has 5 heteroatoms. The van der Waals surface area contributed by atoms with Gasteiger partial charge in [0.25, 0.3) is 5.91 Å². The van der Waals surface area contributed by atoms with E-state index in [4.69, 9.17) is 4.98 Å². The number of aromatic nitrogens is 2. The van der Waals surface area contributed by atoms with Crippen LogP contribution in [0.15, 0.2) is 66.3 Å². The number of hydrogen-bond donors (Lipinski definition) is 0. The van der Waals surface area contributed by atoms with Gasteiger partial charge in [0, 0.05) is 36.2 Å². The van der Waals surface area contributed by atoms with Crippen LogP contribution >= 0.6 is 11.3 Å². The lowest BCUT2D eigenvalue weighted by Crippen LogP contribution is -2.27. The number of nitrogens with zero attached hydrogens (tertiary/aromatic N) is 3. The number of thiophene rings is 1. The number of carbonyl (C=O) groups is 1. The van der Waals surface area contributed by atoms with E-state index in [1.54, 1.807) is 28.6 Å². The molecule has 1 aliphatic carbocycles. The predicted octanol–water partition coefficient (Wildman–Crippen LogP) is 5.45. The summed E-state index contributed by atoms with van der Waals surface area (Å²) in [6, 6.07) is 16.0. The van der Waals surface area contributed by atoms with Crippen molar-refractivity contribution in [2.24, 2.45) is 0 Å². The summed E-state index contributed by atoms with van der Waals surface area (Å²) >= 11 is 1.72. The fourth-order valence-corrected chi connectivity index (χ4v) is 4.77. The first-order chi connectivity index (χ1) is 14.7. The number of benzene rings is 1. The molecule has 0 spiro atoms. The molecule has 1 aliphatic rings. The number of allylic oxidation sites excluding steroid dienone is 1. The van der Waals surface area contributed by atoms with E-state index in [9.17, 15) is 4.79 Å². The Morgan fingerprint density at radius 3 is 2.73 bits per heavy atom. The minimum atomic E-state index is 0.0408. The summed E-state index contributed by atoms with van der Waals surface area (Å²) in [7, 11) is 1.86. The average molecular weight is 412 g/mol. The number of hydrogen-bond acceptors (Lipinski definition) is 4. The monoisotopic (exact) mass is 411 g/mol. The van der Waals surface area contributed by atoms with Crippen molar-refractivity contribution in [3.05, 3.63) is 93.6 Å². The summed E-state index contributed by atoms with van der Waals surface area (Å²) in [6.45, 7) is 0.546. The molecule has 0 aliphatic heterocycles. The molecule has 0 saturated heterocycles. The molecule has 4 nitrogen and oxygen atoms in total. The molecule has 148 valence electrons. The Morgan fingerprint density at radius 2 is 1.93 bits per heavy atom. The molecule has 30 heavy (non-hydrogen) atoms. The van der Waals surface area contributed by atoms with Crippen molar-refractivity contribution in [3.63, 3.8) is 0 Å². The van der Waals surface area contributed by atoms with E-state index in [1.807, 2.05) is 43.4 Å². The second-order valence-electron chi connectivity index (χ2n) is 7.53. The third kappa shape index (κ3) is 3.42. The first-order valence-corrected chi connectivity index (χ1v) is 10.9. The first-order valence-electron chi connectivity index (χ1n) is 10.0. The van der Waals surface area contributed by atoms with Crippen LogP contribution in [-0.2, 0) is 13.0 Å². The number of pyridine rings is 2. The second-order valence-corrected chi connectivity index (χ2v) is 8.51. The molecule has 3 aromatic heterocycles. The molecule has 3 heterocycles. The molecule has 0 N–H and O–H groups in total. The lowest BCUT2D eigenvalue weighted by Gasteiger charge is -2.20. The SMILES string of the molecule is CN(Cc1ccncc1)C(=O)c1c2c(nc3ccccc13)/C(=C\c1cccs1)CC2. The molecular weight excluding hydrogens is 390 g/mol. The van der Waals surface area contributed by atoms with E-state index >= 15 is 0 Å². The minimum Gasteiger partial charge on any atom is -0.337 e. The van der Waals surface area contributed by atoms with Crippen LogP contribution in [0.2, 0.25) is 0 Å². The molecular formula is C25H21N3OS. The smallest absolute Gasteiger partial charge is 0.254 e. The second kappa shape index (κ2) is 7.84. The van der Waals surface area contributed by atoms with Crippen molar-refractivity contribution in [1.82, 2.24) is 14.9 Å². The first kappa shape index (κ1) is 18.7. The Kier molecular flexibility index (Phi) is 4.89. The lowest BCUT2D eigenvalue weighted by atomic mass is 9.99. The maximum absolute atomic E-state index is 13.6. The minimum absolute atomic E-state index is 0.0408. The van der Waals surface area contributed by atoms with E-state index in [0.29, 0.717) is 6.54 Å². The van der Waals surface area contributed by atoms with Crippen molar-refractivity contribution in [2.45, 2.75) is 19.4 Å². The zero-order valence-electron chi connectivity index (χ0n) is 16.7. The zero-order valence-corrected chi connectivity index (χ0v) is 17.5. The number of para-hydroxylation sites is 1. The van der Waals surface area contributed by atoms with Gasteiger partial charge in [-0.25, -0.2) is 4.98 Å². The van der Waals surface area contributed by atoms with Crippen molar-refractivity contribution in [1.29, 1.82) is 0 Å². The van der Waals surface area contributed by atoms with Crippen LogP contribution in [0, 0.1) is 0 Å². The predicted molar refractivity (Wildman–Crippen MR) is 122 cm³/mol.